The molecule has 1 aromatic carbocycles. The van der Waals surface area contributed by atoms with E-state index in [-0.39, 0.29) is 22.4 Å². The van der Waals surface area contributed by atoms with Gasteiger partial charge < -0.3 is 5.32 Å². The summed E-state index contributed by atoms with van der Waals surface area (Å²) in [6.07, 6.45) is 2.21. The number of anilines is 1. The van der Waals surface area contributed by atoms with Gasteiger partial charge in [0.15, 0.2) is 0 Å². The fraction of sp³-hybridized carbons (Fsp3) is 0.500. The van der Waals surface area contributed by atoms with Crippen LogP contribution in [0.5, 0.6) is 0 Å². The Morgan fingerprint density at radius 1 is 1.28 bits per heavy atom. The van der Waals surface area contributed by atoms with E-state index in [1.54, 1.807) is 6.92 Å². The number of amides is 1. The molecular formula is C20H23N5O3S. The highest BCUT2D eigenvalue weighted by Crippen LogP contribution is 2.66. The van der Waals surface area contributed by atoms with Crippen molar-refractivity contribution in [1.29, 1.82) is 0 Å². The van der Waals surface area contributed by atoms with E-state index in [4.69, 9.17) is 4.98 Å². The molecule has 1 saturated carbocycles. The molecule has 152 valence electrons. The van der Waals surface area contributed by atoms with Crippen molar-refractivity contribution in [1.82, 2.24) is 15.2 Å². The quantitative estimate of drug-likeness (QED) is 0.447. The number of nitrogens with zero attached hydrogens (tertiary/aromatic N) is 4. The van der Waals surface area contributed by atoms with Gasteiger partial charge >= 0.3 is 0 Å². The molecule has 1 heterocycles. The number of nitro groups is 1. The van der Waals surface area contributed by atoms with Gasteiger partial charge in [-0.3, -0.25) is 14.9 Å². The van der Waals surface area contributed by atoms with E-state index < -0.39 is 10.2 Å². The van der Waals surface area contributed by atoms with E-state index >= 15 is 0 Å². The molecule has 1 N–H and O–H groups in total. The average molecular weight is 414 g/mol. The minimum atomic E-state index is -0.475. The summed E-state index contributed by atoms with van der Waals surface area (Å²) in [7, 11) is 0. The van der Waals surface area contributed by atoms with Crippen molar-refractivity contribution < 1.29 is 9.72 Å². The predicted octanol–water partition coefficient (Wildman–Crippen LogP) is 4.07. The molecule has 9 heteroatoms. The molecule has 29 heavy (non-hydrogen) atoms. The number of non-ortho nitro benzene ring substituents is 1. The van der Waals surface area contributed by atoms with Crippen LogP contribution in [0, 0.1) is 15.5 Å². The second-order valence-corrected chi connectivity index (χ2v) is 9.83. The molecule has 1 fully saturated rings. The molecule has 1 amide bonds. The number of nitro benzene ring substituents is 1. The number of hydrogen-bond acceptors (Lipinski definition) is 7. The fourth-order valence-corrected chi connectivity index (χ4v) is 5.25. The highest BCUT2D eigenvalue weighted by atomic mass is 32.2. The Morgan fingerprint density at radius 2 is 1.97 bits per heavy atom. The van der Waals surface area contributed by atoms with Crippen molar-refractivity contribution >= 4 is 29.0 Å². The SMILES string of the molecule is C[C@H](Sc1nnc2c(n1)[C@@]1(C)CC[C@H]2C1(C)C)C(=O)Nc1ccc([N+](=O)[O-])cc1. The molecule has 0 spiro atoms. The summed E-state index contributed by atoms with van der Waals surface area (Å²) in [6.45, 7) is 8.59. The van der Waals surface area contributed by atoms with Crippen LogP contribution in [0.1, 0.15) is 57.8 Å². The van der Waals surface area contributed by atoms with Gasteiger partial charge in [-0.2, -0.15) is 5.10 Å². The van der Waals surface area contributed by atoms with Crippen molar-refractivity contribution in [3.05, 3.63) is 45.8 Å². The molecule has 4 rings (SSSR count). The molecule has 1 aromatic heterocycles. The highest BCUT2D eigenvalue weighted by Gasteiger charge is 2.61. The first-order chi connectivity index (χ1) is 13.6. The van der Waals surface area contributed by atoms with Gasteiger partial charge in [0.25, 0.3) is 5.69 Å². The molecular weight excluding hydrogens is 390 g/mol. The number of fused-ring (bicyclic) bond motifs is 5. The lowest BCUT2D eigenvalue weighted by Crippen LogP contribution is -2.32. The number of carbonyl (C=O) groups is 1. The molecule has 2 bridgehead atoms. The van der Waals surface area contributed by atoms with Gasteiger partial charge in [0, 0.05) is 29.2 Å². The van der Waals surface area contributed by atoms with Crippen LogP contribution in [0.3, 0.4) is 0 Å². The largest absolute Gasteiger partial charge is 0.325 e. The summed E-state index contributed by atoms with van der Waals surface area (Å²) in [6, 6.07) is 5.75. The Balaban J connectivity index is 1.46. The molecule has 3 atom stereocenters. The Bertz CT molecular complexity index is 994. The Labute approximate surface area is 173 Å². The zero-order valence-corrected chi connectivity index (χ0v) is 17.6. The van der Waals surface area contributed by atoms with Crippen LogP contribution in [0.25, 0.3) is 0 Å². The number of thioether (sulfide) groups is 1. The maximum absolute atomic E-state index is 12.5. The van der Waals surface area contributed by atoms with Crippen molar-refractivity contribution in [2.45, 2.75) is 62.3 Å². The van der Waals surface area contributed by atoms with Gasteiger partial charge in [-0.25, -0.2) is 4.98 Å². The first kappa shape index (κ1) is 19.8. The van der Waals surface area contributed by atoms with E-state index in [0.717, 1.165) is 24.2 Å². The zero-order chi connectivity index (χ0) is 21.0. The fourth-order valence-electron chi connectivity index (χ4n) is 4.53. The van der Waals surface area contributed by atoms with Crippen LogP contribution in [0.4, 0.5) is 11.4 Å². The molecule has 8 nitrogen and oxygen atoms in total. The standard InChI is InChI=1S/C20H23N5O3S/c1-11(17(26)21-12-5-7-13(8-6-12)25(27)28)29-18-22-16-15(23-24-18)14-9-10-20(16,4)19(14,2)3/h5-8,11,14H,9-10H2,1-4H3,(H,21,26)/t11-,14+,20+/m0/s1. The van der Waals surface area contributed by atoms with E-state index in [2.05, 4.69) is 36.3 Å². The zero-order valence-electron chi connectivity index (χ0n) is 16.8. The Kier molecular flexibility index (Phi) is 4.60. The third kappa shape index (κ3) is 3.08. The van der Waals surface area contributed by atoms with Crippen molar-refractivity contribution in [2.24, 2.45) is 5.41 Å². The predicted molar refractivity (Wildman–Crippen MR) is 110 cm³/mol. The van der Waals surface area contributed by atoms with E-state index in [0.29, 0.717) is 16.8 Å². The lowest BCUT2D eigenvalue weighted by molar-refractivity contribution is -0.384. The van der Waals surface area contributed by atoms with E-state index in [1.165, 1.54) is 36.0 Å². The van der Waals surface area contributed by atoms with Gasteiger partial charge in [-0.1, -0.05) is 32.5 Å². The number of nitrogens with one attached hydrogen (secondary N) is 1. The number of benzene rings is 1. The van der Waals surface area contributed by atoms with Gasteiger partial charge in [0.2, 0.25) is 11.1 Å². The molecule has 2 aliphatic rings. The first-order valence-electron chi connectivity index (χ1n) is 9.60. The van der Waals surface area contributed by atoms with E-state index in [1.807, 2.05) is 0 Å². The average Bonchev–Trinajstić information content (AvgIpc) is 3.01. The third-order valence-corrected chi connectivity index (χ3v) is 7.72. The maximum atomic E-state index is 12.5. The van der Waals surface area contributed by atoms with Crippen LogP contribution < -0.4 is 5.32 Å². The number of carbonyl (C=O) groups excluding carboxylic acids is 1. The summed E-state index contributed by atoms with van der Waals surface area (Å²) in [4.78, 5) is 27.6. The summed E-state index contributed by atoms with van der Waals surface area (Å²) >= 11 is 1.27. The van der Waals surface area contributed by atoms with Crippen LogP contribution in [0.15, 0.2) is 29.4 Å². The molecule has 0 unspecified atom stereocenters. The minimum absolute atomic E-state index is 0.0114. The molecule has 0 saturated heterocycles. The maximum Gasteiger partial charge on any atom is 0.269 e. The summed E-state index contributed by atoms with van der Waals surface area (Å²) in [5.74, 6) is 0.172. The second-order valence-electron chi connectivity index (χ2n) is 8.53. The monoisotopic (exact) mass is 413 g/mol. The topological polar surface area (TPSA) is 111 Å². The van der Waals surface area contributed by atoms with Crippen LogP contribution in [-0.4, -0.2) is 31.3 Å². The molecule has 0 radical (unpaired) electrons. The Hall–Kier alpha value is -2.55. The molecule has 2 aromatic rings. The van der Waals surface area contributed by atoms with Gasteiger partial charge in [-0.05, 0) is 37.3 Å². The Morgan fingerprint density at radius 3 is 2.62 bits per heavy atom. The second kappa shape index (κ2) is 6.76. The highest BCUT2D eigenvalue weighted by molar-refractivity contribution is 8.00. The smallest absolute Gasteiger partial charge is 0.269 e. The van der Waals surface area contributed by atoms with Gasteiger partial charge in [0.05, 0.1) is 21.6 Å². The number of hydrogen-bond donors (Lipinski definition) is 1. The van der Waals surface area contributed by atoms with Crippen molar-refractivity contribution in [2.75, 3.05) is 5.32 Å². The minimum Gasteiger partial charge on any atom is -0.325 e. The van der Waals surface area contributed by atoms with Crippen LogP contribution >= 0.6 is 11.8 Å². The van der Waals surface area contributed by atoms with Gasteiger partial charge in [0.1, 0.15) is 0 Å². The number of aromatic nitrogens is 3. The summed E-state index contributed by atoms with van der Waals surface area (Å²) in [5.41, 5.74) is 2.62. The number of rotatable bonds is 5. The lowest BCUT2D eigenvalue weighted by atomic mass is 9.70. The van der Waals surface area contributed by atoms with Gasteiger partial charge in [-0.15, -0.1) is 5.10 Å². The van der Waals surface area contributed by atoms with Crippen molar-refractivity contribution in [3.8, 4) is 0 Å². The normalized spacial score (nSPS) is 24.8. The third-order valence-electron chi connectivity index (χ3n) is 6.77. The molecule has 0 aliphatic heterocycles. The summed E-state index contributed by atoms with van der Waals surface area (Å²) in [5, 5.41) is 22.3. The van der Waals surface area contributed by atoms with Crippen LogP contribution in [0.2, 0.25) is 0 Å². The summed E-state index contributed by atoms with van der Waals surface area (Å²) < 4.78 is 0. The van der Waals surface area contributed by atoms with E-state index in [9.17, 15) is 14.9 Å². The van der Waals surface area contributed by atoms with Crippen molar-refractivity contribution in [3.63, 3.8) is 0 Å². The van der Waals surface area contributed by atoms with Crippen LogP contribution in [-0.2, 0) is 10.2 Å². The lowest BCUT2D eigenvalue weighted by Gasteiger charge is -2.34. The first-order valence-corrected chi connectivity index (χ1v) is 10.5. The molecule has 2 aliphatic carbocycles.